The van der Waals surface area contributed by atoms with Crippen LogP contribution in [-0.4, -0.2) is 73.3 Å². The Bertz CT molecular complexity index is 1230. The summed E-state index contributed by atoms with van der Waals surface area (Å²) in [4.78, 5) is 31.1. The second kappa shape index (κ2) is 10.6. The molecule has 1 aliphatic rings. The molecule has 1 fully saturated rings. The van der Waals surface area contributed by atoms with Crippen LogP contribution in [0.4, 0.5) is 30.8 Å². The van der Waals surface area contributed by atoms with Crippen LogP contribution >= 0.6 is 0 Å². The van der Waals surface area contributed by atoms with Gasteiger partial charge in [-0.05, 0) is 26.2 Å². The van der Waals surface area contributed by atoms with E-state index in [4.69, 9.17) is 14.7 Å². The summed E-state index contributed by atoms with van der Waals surface area (Å²) in [5, 5.41) is 17.1. The molecule has 2 N–H and O–H groups in total. The molecular formula is C22H27F3N8O3. The SMILES string of the molecule is CCc1nn(CCOCC(F)(F)F)c2c(Nc3cc(C)ncn3)nc(N3CCC(C(=O)O)CC3)nc12. The summed E-state index contributed by atoms with van der Waals surface area (Å²) in [5.41, 5.74) is 2.47. The molecule has 1 aliphatic heterocycles. The van der Waals surface area contributed by atoms with Crippen LogP contribution in [0.3, 0.4) is 0 Å². The van der Waals surface area contributed by atoms with Crippen LogP contribution in [0.15, 0.2) is 12.4 Å². The molecule has 0 atom stereocenters. The second-order valence-corrected chi connectivity index (χ2v) is 8.53. The Kier molecular flexibility index (Phi) is 7.52. The topological polar surface area (TPSA) is 131 Å². The number of hydrogen-bond acceptors (Lipinski definition) is 9. The van der Waals surface area contributed by atoms with Gasteiger partial charge in [-0.25, -0.2) is 15.0 Å². The van der Waals surface area contributed by atoms with Crippen LogP contribution in [-0.2, 0) is 22.5 Å². The first kappa shape index (κ1) is 25.5. The molecule has 36 heavy (non-hydrogen) atoms. The average molecular weight is 509 g/mol. The molecule has 0 bridgehead atoms. The quantitative estimate of drug-likeness (QED) is 0.416. The summed E-state index contributed by atoms with van der Waals surface area (Å²) in [5.74, 6) is 0.0721. The fourth-order valence-electron chi connectivity index (χ4n) is 4.07. The van der Waals surface area contributed by atoms with Gasteiger partial charge in [0.25, 0.3) is 0 Å². The van der Waals surface area contributed by atoms with Gasteiger partial charge in [0.05, 0.1) is 24.8 Å². The lowest BCUT2D eigenvalue weighted by Crippen LogP contribution is -2.37. The number of piperidine rings is 1. The molecule has 0 saturated carbocycles. The molecule has 0 aromatic carbocycles. The number of anilines is 3. The maximum atomic E-state index is 12.5. The first-order valence-electron chi connectivity index (χ1n) is 11.6. The van der Waals surface area contributed by atoms with Crippen molar-refractivity contribution in [2.75, 3.05) is 36.5 Å². The average Bonchev–Trinajstić information content (AvgIpc) is 3.19. The largest absolute Gasteiger partial charge is 0.481 e. The number of hydrogen-bond donors (Lipinski definition) is 2. The lowest BCUT2D eigenvalue weighted by Gasteiger charge is -2.30. The Morgan fingerprint density at radius 3 is 2.64 bits per heavy atom. The zero-order chi connectivity index (χ0) is 25.9. The molecule has 0 radical (unpaired) electrons. The summed E-state index contributed by atoms with van der Waals surface area (Å²) in [6, 6.07) is 1.74. The molecule has 0 spiro atoms. The fourth-order valence-corrected chi connectivity index (χ4v) is 4.07. The minimum atomic E-state index is -4.41. The molecule has 11 nitrogen and oxygen atoms in total. The number of carboxylic acid groups (broad SMARTS) is 1. The Morgan fingerprint density at radius 1 is 1.25 bits per heavy atom. The Labute approximate surface area is 204 Å². The van der Waals surface area contributed by atoms with Crippen LogP contribution in [0.5, 0.6) is 0 Å². The van der Waals surface area contributed by atoms with Crippen molar-refractivity contribution in [1.29, 1.82) is 0 Å². The Hall–Kier alpha value is -3.55. The Balaban J connectivity index is 1.70. The standard InChI is InChI=1S/C22H27F3N8O3/c1-3-15-17-18(33(31-15)8-9-36-11-22(23,24)25)19(28-16-10-13(2)26-12-27-16)30-21(29-17)32-6-4-14(5-7-32)20(34)35/h10,12,14H,3-9,11H2,1-2H3,(H,34,35)(H,26,27,28,29,30). The second-order valence-electron chi connectivity index (χ2n) is 8.53. The maximum Gasteiger partial charge on any atom is 0.411 e. The third-order valence-electron chi connectivity index (χ3n) is 5.87. The van der Waals surface area contributed by atoms with E-state index in [2.05, 4.69) is 20.4 Å². The van der Waals surface area contributed by atoms with E-state index in [1.807, 2.05) is 18.7 Å². The smallest absolute Gasteiger partial charge is 0.411 e. The van der Waals surface area contributed by atoms with Gasteiger partial charge in [-0.3, -0.25) is 9.48 Å². The monoisotopic (exact) mass is 508 g/mol. The number of ether oxygens (including phenoxy) is 1. The van der Waals surface area contributed by atoms with Crippen molar-refractivity contribution in [3.63, 3.8) is 0 Å². The summed E-state index contributed by atoms with van der Waals surface area (Å²) >= 11 is 0. The molecule has 14 heteroatoms. The van der Waals surface area contributed by atoms with Crippen LogP contribution in [0, 0.1) is 12.8 Å². The van der Waals surface area contributed by atoms with E-state index in [0.29, 0.717) is 66.7 Å². The minimum absolute atomic E-state index is 0.0662. The number of carboxylic acids is 1. The van der Waals surface area contributed by atoms with Crippen molar-refractivity contribution < 1.29 is 27.8 Å². The number of alkyl halides is 3. The van der Waals surface area contributed by atoms with Gasteiger partial charge in [0.1, 0.15) is 29.8 Å². The highest BCUT2D eigenvalue weighted by molar-refractivity contribution is 5.90. The number of aryl methyl sites for hydroxylation is 2. The molecule has 4 rings (SSSR count). The number of nitrogens with zero attached hydrogens (tertiary/aromatic N) is 7. The highest BCUT2D eigenvalue weighted by Crippen LogP contribution is 2.30. The molecule has 0 amide bonds. The van der Waals surface area contributed by atoms with Crippen molar-refractivity contribution >= 4 is 34.6 Å². The molecule has 0 aliphatic carbocycles. The number of aromatic nitrogens is 6. The summed E-state index contributed by atoms with van der Waals surface area (Å²) < 4.78 is 43.8. The van der Waals surface area contributed by atoms with Crippen molar-refractivity contribution in [1.82, 2.24) is 29.7 Å². The van der Waals surface area contributed by atoms with Gasteiger partial charge in [0, 0.05) is 24.8 Å². The van der Waals surface area contributed by atoms with Crippen molar-refractivity contribution in [3.05, 3.63) is 23.8 Å². The van der Waals surface area contributed by atoms with Crippen molar-refractivity contribution in [2.45, 2.75) is 45.8 Å². The number of nitrogens with one attached hydrogen (secondary N) is 1. The van der Waals surface area contributed by atoms with Crippen LogP contribution in [0.1, 0.15) is 31.2 Å². The lowest BCUT2D eigenvalue weighted by atomic mass is 9.97. The van der Waals surface area contributed by atoms with E-state index >= 15 is 0 Å². The maximum absolute atomic E-state index is 12.5. The van der Waals surface area contributed by atoms with Gasteiger partial charge in [0.2, 0.25) is 5.95 Å². The molecule has 0 unspecified atom stereocenters. The minimum Gasteiger partial charge on any atom is -0.481 e. The molecule has 1 saturated heterocycles. The Morgan fingerprint density at radius 2 is 2.00 bits per heavy atom. The first-order valence-corrected chi connectivity index (χ1v) is 11.6. The number of halogens is 3. The van der Waals surface area contributed by atoms with Gasteiger partial charge in [-0.15, -0.1) is 0 Å². The zero-order valence-corrected chi connectivity index (χ0v) is 19.9. The molecular weight excluding hydrogens is 481 g/mol. The fraction of sp³-hybridized carbons (Fsp3) is 0.545. The third-order valence-corrected chi connectivity index (χ3v) is 5.87. The van der Waals surface area contributed by atoms with E-state index < -0.39 is 24.7 Å². The highest BCUT2D eigenvalue weighted by Gasteiger charge is 2.29. The molecule has 3 aromatic heterocycles. The van der Waals surface area contributed by atoms with Gasteiger partial charge in [-0.1, -0.05) is 6.92 Å². The van der Waals surface area contributed by atoms with Gasteiger partial charge in [-0.2, -0.15) is 23.3 Å². The van der Waals surface area contributed by atoms with Crippen LogP contribution < -0.4 is 10.2 Å². The number of fused-ring (bicyclic) bond motifs is 1. The number of carbonyl (C=O) groups is 1. The third kappa shape index (κ3) is 5.98. The van der Waals surface area contributed by atoms with Gasteiger partial charge >= 0.3 is 12.1 Å². The van der Waals surface area contributed by atoms with E-state index in [1.165, 1.54) is 6.33 Å². The van der Waals surface area contributed by atoms with E-state index in [1.54, 1.807) is 10.7 Å². The number of aliphatic carboxylic acids is 1. The van der Waals surface area contributed by atoms with Gasteiger partial charge < -0.3 is 20.1 Å². The number of rotatable bonds is 9. The summed E-state index contributed by atoms with van der Waals surface area (Å²) in [6.45, 7) is 3.22. The zero-order valence-electron chi connectivity index (χ0n) is 19.9. The van der Waals surface area contributed by atoms with Gasteiger partial charge in [0.15, 0.2) is 5.82 Å². The predicted molar refractivity (Wildman–Crippen MR) is 124 cm³/mol. The van der Waals surface area contributed by atoms with Crippen molar-refractivity contribution in [2.24, 2.45) is 5.92 Å². The first-order chi connectivity index (χ1) is 17.1. The summed E-state index contributed by atoms with van der Waals surface area (Å²) in [7, 11) is 0. The molecule has 3 aromatic rings. The molecule has 194 valence electrons. The normalized spacial score (nSPS) is 15.0. The van der Waals surface area contributed by atoms with Crippen molar-refractivity contribution in [3.8, 4) is 0 Å². The summed E-state index contributed by atoms with van der Waals surface area (Å²) in [6.07, 6.45) is -1.52. The predicted octanol–water partition coefficient (Wildman–Crippen LogP) is 3.11. The molecule has 4 heterocycles. The van der Waals surface area contributed by atoms with Crippen LogP contribution in [0.25, 0.3) is 11.0 Å². The highest BCUT2D eigenvalue weighted by atomic mass is 19.4. The van der Waals surface area contributed by atoms with E-state index in [0.717, 1.165) is 5.69 Å². The van der Waals surface area contributed by atoms with E-state index in [9.17, 15) is 23.1 Å². The lowest BCUT2D eigenvalue weighted by molar-refractivity contribution is -0.174. The van der Waals surface area contributed by atoms with Crippen LogP contribution in [0.2, 0.25) is 0 Å². The van der Waals surface area contributed by atoms with E-state index in [-0.39, 0.29) is 13.2 Å².